The van der Waals surface area contributed by atoms with Crippen molar-refractivity contribution in [1.29, 1.82) is 0 Å². The quantitative estimate of drug-likeness (QED) is 0.743. The lowest BCUT2D eigenvalue weighted by Gasteiger charge is -2.13. The molecule has 17 heavy (non-hydrogen) atoms. The summed E-state index contributed by atoms with van der Waals surface area (Å²) >= 11 is 1.53. The molecule has 0 aliphatic heterocycles. The summed E-state index contributed by atoms with van der Waals surface area (Å²) in [6.07, 6.45) is 2.19. The zero-order valence-corrected chi connectivity index (χ0v) is 10.8. The Bertz CT molecular complexity index is 415. The molecule has 1 aromatic heterocycles. The number of aliphatic carboxylic acids is 1. The van der Waals surface area contributed by atoms with Crippen LogP contribution in [-0.4, -0.2) is 38.7 Å². The van der Waals surface area contributed by atoms with Gasteiger partial charge < -0.3 is 10.4 Å². The zero-order valence-electron chi connectivity index (χ0n) is 10.0. The molecule has 0 bridgehead atoms. The lowest BCUT2D eigenvalue weighted by molar-refractivity contribution is -0.138. The van der Waals surface area contributed by atoms with E-state index in [1.807, 2.05) is 20.0 Å². The van der Waals surface area contributed by atoms with Crippen molar-refractivity contribution < 1.29 is 9.90 Å². The van der Waals surface area contributed by atoms with E-state index in [0.29, 0.717) is 11.8 Å². The highest BCUT2D eigenvalue weighted by molar-refractivity contribution is 7.99. The molecule has 1 heterocycles. The van der Waals surface area contributed by atoms with Gasteiger partial charge in [-0.05, 0) is 25.8 Å². The predicted octanol–water partition coefficient (Wildman–Crippen LogP) is 1.03. The molecule has 1 aromatic rings. The number of aromatic nitrogens is 2. The molecule has 0 amide bonds. The highest BCUT2D eigenvalue weighted by atomic mass is 32.2. The van der Waals surface area contributed by atoms with Crippen LogP contribution in [-0.2, 0) is 11.8 Å². The summed E-state index contributed by atoms with van der Waals surface area (Å²) in [5.74, 6) is -0.242. The first-order valence-electron chi connectivity index (χ1n) is 5.68. The minimum atomic E-state index is -0.775. The lowest BCUT2D eigenvalue weighted by Crippen LogP contribution is -2.40. The van der Waals surface area contributed by atoms with E-state index in [-0.39, 0.29) is 0 Å². The van der Waals surface area contributed by atoms with Crippen LogP contribution in [0.25, 0.3) is 0 Å². The molecule has 1 atom stereocenters. The van der Waals surface area contributed by atoms with E-state index in [1.54, 1.807) is 4.68 Å². The van der Waals surface area contributed by atoms with Crippen LogP contribution in [0.5, 0.6) is 0 Å². The van der Waals surface area contributed by atoms with Crippen molar-refractivity contribution in [2.24, 2.45) is 7.05 Å². The van der Waals surface area contributed by atoms with Gasteiger partial charge in [0, 0.05) is 18.8 Å². The maximum atomic E-state index is 11.1. The topological polar surface area (TPSA) is 67.2 Å². The number of thioether (sulfide) groups is 1. The minimum absolute atomic E-state index is 0.407. The Morgan fingerprint density at radius 1 is 1.76 bits per heavy atom. The van der Waals surface area contributed by atoms with E-state index in [2.05, 4.69) is 10.4 Å². The number of hydrogen-bond acceptors (Lipinski definition) is 4. The highest BCUT2D eigenvalue weighted by Crippen LogP contribution is 2.23. The van der Waals surface area contributed by atoms with Crippen LogP contribution in [0.4, 0.5) is 0 Å². The van der Waals surface area contributed by atoms with Gasteiger partial charge in [0.15, 0.2) is 0 Å². The number of hydrogen-bond donors (Lipinski definition) is 2. The summed E-state index contributed by atoms with van der Waals surface area (Å²) < 4.78 is 1.79. The van der Waals surface area contributed by atoms with Gasteiger partial charge in [-0.2, -0.15) is 5.10 Å². The molecule has 1 aliphatic carbocycles. The first-order chi connectivity index (χ1) is 8.06. The van der Waals surface area contributed by atoms with Gasteiger partial charge >= 0.3 is 5.97 Å². The molecular formula is C11H17N3O2S. The second kappa shape index (κ2) is 5.10. The number of carboxylic acids is 1. The molecule has 1 aliphatic rings. The molecule has 5 nitrogen and oxygen atoms in total. The molecule has 2 rings (SSSR count). The van der Waals surface area contributed by atoms with Crippen molar-refractivity contribution >= 4 is 17.7 Å². The van der Waals surface area contributed by atoms with Crippen LogP contribution in [0.2, 0.25) is 0 Å². The highest BCUT2D eigenvalue weighted by Gasteiger charge is 2.28. The fourth-order valence-corrected chi connectivity index (χ4v) is 2.67. The van der Waals surface area contributed by atoms with Crippen molar-refractivity contribution in [1.82, 2.24) is 15.1 Å². The van der Waals surface area contributed by atoms with E-state index in [4.69, 9.17) is 5.11 Å². The van der Waals surface area contributed by atoms with Crippen molar-refractivity contribution in [3.63, 3.8) is 0 Å². The maximum Gasteiger partial charge on any atom is 0.321 e. The van der Waals surface area contributed by atoms with Gasteiger partial charge in [-0.1, -0.05) is 0 Å². The lowest BCUT2D eigenvalue weighted by atomic mass is 10.3. The molecule has 0 spiro atoms. The smallest absolute Gasteiger partial charge is 0.321 e. The Morgan fingerprint density at radius 2 is 2.47 bits per heavy atom. The number of nitrogens with one attached hydrogen (secondary N) is 1. The fourth-order valence-electron chi connectivity index (χ4n) is 1.62. The SMILES string of the molecule is Cc1cc(SCC(NC2CC2)C(=O)O)n(C)n1. The van der Waals surface area contributed by atoms with Gasteiger partial charge in [0.1, 0.15) is 6.04 Å². The third-order valence-corrected chi connectivity index (χ3v) is 3.85. The summed E-state index contributed by atoms with van der Waals surface area (Å²) in [5.41, 5.74) is 0.956. The monoisotopic (exact) mass is 255 g/mol. The molecule has 1 saturated carbocycles. The second-order valence-corrected chi connectivity index (χ2v) is 5.43. The standard InChI is InChI=1S/C11H17N3O2S/c1-7-5-10(14(2)13-7)17-6-9(11(15)16)12-8-3-4-8/h5,8-9,12H,3-4,6H2,1-2H3,(H,15,16). The Balaban J connectivity index is 1.89. The van der Waals surface area contributed by atoms with Crippen molar-refractivity contribution in [2.75, 3.05) is 5.75 Å². The van der Waals surface area contributed by atoms with Crippen molar-refractivity contribution in [3.8, 4) is 0 Å². The third kappa shape index (κ3) is 3.47. The van der Waals surface area contributed by atoms with Gasteiger partial charge in [0.05, 0.1) is 10.7 Å². The van der Waals surface area contributed by atoms with E-state index in [0.717, 1.165) is 23.6 Å². The van der Waals surface area contributed by atoms with Crippen LogP contribution in [0.3, 0.4) is 0 Å². The molecule has 2 N–H and O–H groups in total. The second-order valence-electron chi connectivity index (χ2n) is 4.39. The Morgan fingerprint density at radius 3 is 2.94 bits per heavy atom. The number of carboxylic acid groups (broad SMARTS) is 1. The van der Waals surface area contributed by atoms with Gasteiger partial charge in [0.25, 0.3) is 0 Å². The summed E-state index contributed by atoms with van der Waals surface area (Å²) in [6, 6.07) is 1.91. The van der Waals surface area contributed by atoms with Crippen LogP contribution in [0, 0.1) is 6.92 Å². The zero-order chi connectivity index (χ0) is 12.4. The number of carbonyl (C=O) groups is 1. The third-order valence-electron chi connectivity index (χ3n) is 2.67. The molecule has 94 valence electrons. The van der Waals surface area contributed by atoms with Crippen LogP contribution in [0.15, 0.2) is 11.1 Å². The Hall–Kier alpha value is -1.01. The molecule has 0 aromatic carbocycles. The average molecular weight is 255 g/mol. The van der Waals surface area contributed by atoms with Crippen LogP contribution >= 0.6 is 11.8 Å². The first-order valence-corrected chi connectivity index (χ1v) is 6.67. The molecule has 6 heteroatoms. The molecule has 0 radical (unpaired) electrons. The summed E-state index contributed by atoms with van der Waals surface area (Å²) in [5, 5.41) is 17.5. The summed E-state index contributed by atoms with van der Waals surface area (Å²) in [4.78, 5) is 11.1. The van der Waals surface area contributed by atoms with Crippen LogP contribution < -0.4 is 5.32 Å². The number of aryl methyl sites for hydroxylation is 2. The van der Waals surface area contributed by atoms with Crippen molar-refractivity contribution in [3.05, 3.63) is 11.8 Å². The fraction of sp³-hybridized carbons (Fsp3) is 0.636. The number of rotatable bonds is 6. The predicted molar refractivity (Wildman–Crippen MR) is 66.3 cm³/mol. The van der Waals surface area contributed by atoms with Gasteiger partial charge in [-0.15, -0.1) is 11.8 Å². The van der Waals surface area contributed by atoms with E-state index < -0.39 is 12.0 Å². The van der Waals surface area contributed by atoms with Gasteiger partial charge in [0.2, 0.25) is 0 Å². The van der Waals surface area contributed by atoms with Crippen molar-refractivity contribution in [2.45, 2.75) is 36.9 Å². The first kappa shape index (κ1) is 12.4. The molecular weight excluding hydrogens is 238 g/mol. The Labute approximate surface area is 105 Å². The van der Waals surface area contributed by atoms with Gasteiger partial charge in [-0.25, -0.2) is 0 Å². The van der Waals surface area contributed by atoms with E-state index in [1.165, 1.54) is 11.8 Å². The molecule has 1 unspecified atom stereocenters. The maximum absolute atomic E-state index is 11.1. The largest absolute Gasteiger partial charge is 0.480 e. The summed E-state index contributed by atoms with van der Waals surface area (Å²) in [6.45, 7) is 1.93. The van der Waals surface area contributed by atoms with Crippen LogP contribution in [0.1, 0.15) is 18.5 Å². The Kier molecular flexibility index (Phi) is 3.73. The van der Waals surface area contributed by atoms with E-state index >= 15 is 0 Å². The average Bonchev–Trinajstić information content (AvgIpc) is 2.99. The molecule has 0 saturated heterocycles. The van der Waals surface area contributed by atoms with Gasteiger partial charge in [-0.3, -0.25) is 9.48 Å². The normalized spacial score (nSPS) is 17.1. The van der Waals surface area contributed by atoms with E-state index in [9.17, 15) is 4.79 Å². The number of nitrogens with zero attached hydrogens (tertiary/aromatic N) is 2. The molecule has 1 fully saturated rings. The minimum Gasteiger partial charge on any atom is -0.480 e. The summed E-state index contributed by atoms with van der Waals surface area (Å²) in [7, 11) is 1.87.